The number of nitrogens with one attached hydrogen (secondary N) is 1. The summed E-state index contributed by atoms with van der Waals surface area (Å²) < 4.78 is 5.27. The average molecular weight is 292 g/mol. The van der Waals surface area contributed by atoms with Gasteiger partial charge in [-0.2, -0.15) is 0 Å². The van der Waals surface area contributed by atoms with E-state index < -0.39 is 0 Å². The maximum atomic E-state index is 12.5. The normalized spacial score (nSPS) is 13.1. The Hall–Kier alpha value is -2.08. The molecule has 1 aromatic rings. The minimum Gasteiger partial charge on any atom is -0.482 e. The lowest BCUT2D eigenvalue weighted by Crippen LogP contribution is -2.34. The zero-order chi connectivity index (χ0) is 15.2. The molecule has 21 heavy (non-hydrogen) atoms. The molecule has 2 N–H and O–H groups in total. The van der Waals surface area contributed by atoms with Crippen molar-refractivity contribution in [1.82, 2.24) is 4.90 Å². The fourth-order valence-corrected chi connectivity index (χ4v) is 2.18. The molecule has 2 amide bonds. The number of carbonyl (C=O) groups is 2. The van der Waals surface area contributed by atoms with Crippen molar-refractivity contribution in [3.05, 3.63) is 23.8 Å². The van der Waals surface area contributed by atoms with Gasteiger partial charge in [-0.1, -0.05) is 13.3 Å². The standard InChI is InChI=1S/C15H20N2O4/c1-2-3-6-17(7-8-18)15(20)11-4-5-13-12(9-11)16-14(19)10-21-13/h4-5,9,18H,2-3,6-8,10H2,1H3,(H,16,19). The smallest absolute Gasteiger partial charge is 0.262 e. The number of aliphatic hydroxyl groups is 1. The third kappa shape index (κ3) is 3.72. The minimum absolute atomic E-state index is 0.00652. The monoisotopic (exact) mass is 292 g/mol. The van der Waals surface area contributed by atoms with E-state index in [4.69, 9.17) is 9.84 Å². The van der Waals surface area contributed by atoms with E-state index in [1.165, 1.54) is 0 Å². The fourth-order valence-electron chi connectivity index (χ4n) is 2.18. The maximum absolute atomic E-state index is 12.5. The highest BCUT2D eigenvalue weighted by Gasteiger charge is 2.20. The van der Waals surface area contributed by atoms with Crippen molar-refractivity contribution >= 4 is 17.5 Å². The summed E-state index contributed by atoms with van der Waals surface area (Å²) in [5.41, 5.74) is 0.987. The lowest BCUT2D eigenvalue weighted by Gasteiger charge is -2.23. The van der Waals surface area contributed by atoms with Crippen LogP contribution in [0.2, 0.25) is 0 Å². The molecule has 6 heteroatoms. The number of amides is 2. The van der Waals surface area contributed by atoms with Gasteiger partial charge in [0.15, 0.2) is 6.61 Å². The molecule has 1 aromatic carbocycles. The third-order valence-electron chi connectivity index (χ3n) is 3.30. The van der Waals surface area contributed by atoms with E-state index in [0.717, 1.165) is 12.8 Å². The number of fused-ring (bicyclic) bond motifs is 1. The van der Waals surface area contributed by atoms with Gasteiger partial charge in [0.2, 0.25) is 0 Å². The van der Waals surface area contributed by atoms with Gasteiger partial charge in [-0.3, -0.25) is 9.59 Å². The van der Waals surface area contributed by atoms with Gasteiger partial charge in [-0.15, -0.1) is 0 Å². The zero-order valence-electron chi connectivity index (χ0n) is 12.1. The van der Waals surface area contributed by atoms with Crippen LogP contribution in [0.5, 0.6) is 5.75 Å². The SMILES string of the molecule is CCCCN(CCO)C(=O)c1ccc2c(c1)NC(=O)CO2. The lowest BCUT2D eigenvalue weighted by atomic mass is 10.1. The second-order valence-electron chi connectivity index (χ2n) is 4.92. The Bertz CT molecular complexity index is 530. The second-order valence-corrected chi connectivity index (χ2v) is 4.92. The molecular formula is C15H20N2O4. The van der Waals surface area contributed by atoms with E-state index >= 15 is 0 Å². The van der Waals surface area contributed by atoms with Gasteiger partial charge >= 0.3 is 0 Å². The first-order valence-electron chi connectivity index (χ1n) is 7.12. The summed E-state index contributed by atoms with van der Waals surface area (Å²) in [6.45, 7) is 2.88. The Kier molecular flexibility index (Phi) is 5.16. The van der Waals surface area contributed by atoms with Crippen LogP contribution in [-0.2, 0) is 4.79 Å². The minimum atomic E-state index is -0.231. The molecule has 0 bridgehead atoms. The first-order chi connectivity index (χ1) is 10.2. The van der Waals surface area contributed by atoms with Crippen molar-refractivity contribution in [1.29, 1.82) is 0 Å². The Labute approximate surface area is 123 Å². The van der Waals surface area contributed by atoms with Crippen LogP contribution >= 0.6 is 0 Å². The molecule has 2 rings (SSSR count). The molecule has 6 nitrogen and oxygen atoms in total. The predicted octanol–water partition coefficient (Wildman–Crippen LogP) is 1.25. The van der Waals surface area contributed by atoms with E-state index in [2.05, 4.69) is 5.32 Å². The quantitative estimate of drug-likeness (QED) is 0.827. The highest BCUT2D eigenvalue weighted by atomic mass is 16.5. The van der Waals surface area contributed by atoms with E-state index in [-0.39, 0.29) is 25.0 Å². The molecular weight excluding hydrogens is 272 g/mol. The molecule has 0 saturated heterocycles. The zero-order valence-corrected chi connectivity index (χ0v) is 12.1. The Morgan fingerprint density at radius 1 is 1.43 bits per heavy atom. The molecule has 0 aromatic heterocycles. The van der Waals surface area contributed by atoms with Crippen LogP contribution in [0.3, 0.4) is 0 Å². The van der Waals surface area contributed by atoms with Crippen LogP contribution in [0.15, 0.2) is 18.2 Å². The molecule has 114 valence electrons. The highest BCUT2D eigenvalue weighted by Crippen LogP contribution is 2.28. The number of unbranched alkanes of at least 4 members (excludes halogenated alkanes) is 1. The number of benzene rings is 1. The number of ether oxygens (including phenoxy) is 1. The number of nitrogens with zero attached hydrogens (tertiary/aromatic N) is 1. The van der Waals surface area contributed by atoms with Crippen molar-refractivity contribution in [3.8, 4) is 5.75 Å². The summed E-state index contributed by atoms with van der Waals surface area (Å²) in [5, 5.41) is 11.8. The molecule has 0 saturated carbocycles. The van der Waals surface area contributed by atoms with Crippen LogP contribution in [0, 0.1) is 0 Å². The van der Waals surface area contributed by atoms with E-state index in [1.54, 1.807) is 23.1 Å². The molecule has 1 heterocycles. The van der Waals surface area contributed by atoms with Crippen LogP contribution in [0.4, 0.5) is 5.69 Å². The molecule has 0 aliphatic carbocycles. The Balaban J connectivity index is 2.17. The molecule has 1 aliphatic heterocycles. The molecule has 0 atom stereocenters. The highest BCUT2D eigenvalue weighted by molar-refractivity contribution is 5.99. The second kappa shape index (κ2) is 7.08. The van der Waals surface area contributed by atoms with Gasteiger partial charge in [-0.25, -0.2) is 0 Å². The summed E-state index contributed by atoms with van der Waals surface area (Å²) in [7, 11) is 0. The number of anilines is 1. The van der Waals surface area contributed by atoms with E-state index in [1.807, 2.05) is 6.92 Å². The van der Waals surface area contributed by atoms with Gasteiger partial charge in [0, 0.05) is 18.7 Å². The number of aliphatic hydroxyl groups excluding tert-OH is 1. The van der Waals surface area contributed by atoms with Crippen molar-refractivity contribution in [2.24, 2.45) is 0 Å². The van der Waals surface area contributed by atoms with Gasteiger partial charge in [0.25, 0.3) is 11.8 Å². The molecule has 0 spiro atoms. The molecule has 0 radical (unpaired) electrons. The van der Waals surface area contributed by atoms with E-state index in [0.29, 0.717) is 30.1 Å². The predicted molar refractivity (Wildman–Crippen MR) is 78.5 cm³/mol. The van der Waals surface area contributed by atoms with Crippen LogP contribution in [0.1, 0.15) is 30.1 Å². The lowest BCUT2D eigenvalue weighted by molar-refractivity contribution is -0.118. The van der Waals surface area contributed by atoms with Crippen molar-refractivity contribution in [2.45, 2.75) is 19.8 Å². The van der Waals surface area contributed by atoms with Gasteiger partial charge in [-0.05, 0) is 24.6 Å². The molecule has 0 unspecified atom stereocenters. The van der Waals surface area contributed by atoms with Gasteiger partial charge in [0.05, 0.1) is 12.3 Å². The number of hydrogen-bond donors (Lipinski definition) is 2. The fraction of sp³-hybridized carbons (Fsp3) is 0.467. The van der Waals surface area contributed by atoms with Crippen molar-refractivity contribution in [3.63, 3.8) is 0 Å². The molecule has 0 fully saturated rings. The van der Waals surface area contributed by atoms with Crippen LogP contribution in [-0.4, -0.2) is 48.1 Å². The number of rotatable bonds is 6. The first kappa shape index (κ1) is 15.3. The summed E-state index contributed by atoms with van der Waals surface area (Å²) in [5.74, 6) is 0.179. The summed E-state index contributed by atoms with van der Waals surface area (Å²) in [6.07, 6.45) is 1.86. The summed E-state index contributed by atoms with van der Waals surface area (Å²) in [6, 6.07) is 4.97. The van der Waals surface area contributed by atoms with Crippen LogP contribution in [0.25, 0.3) is 0 Å². The summed E-state index contributed by atoms with van der Waals surface area (Å²) >= 11 is 0. The number of carbonyl (C=O) groups excluding carboxylic acids is 2. The van der Waals surface area contributed by atoms with Crippen molar-refractivity contribution in [2.75, 3.05) is 31.6 Å². The van der Waals surface area contributed by atoms with Gasteiger partial charge in [0.1, 0.15) is 5.75 Å². The largest absolute Gasteiger partial charge is 0.482 e. The Morgan fingerprint density at radius 2 is 2.24 bits per heavy atom. The maximum Gasteiger partial charge on any atom is 0.262 e. The Morgan fingerprint density at radius 3 is 2.95 bits per heavy atom. The average Bonchev–Trinajstić information content (AvgIpc) is 2.50. The summed E-state index contributed by atoms with van der Waals surface area (Å²) in [4.78, 5) is 25.4. The van der Waals surface area contributed by atoms with E-state index in [9.17, 15) is 9.59 Å². The number of hydrogen-bond acceptors (Lipinski definition) is 4. The molecule has 1 aliphatic rings. The third-order valence-corrected chi connectivity index (χ3v) is 3.30. The van der Waals surface area contributed by atoms with Crippen molar-refractivity contribution < 1.29 is 19.4 Å². The first-order valence-corrected chi connectivity index (χ1v) is 7.12. The van der Waals surface area contributed by atoms with Gasteiger partial charge < -0.3 is 20.1 Å². The topological polar surface area (TPSA) is 78.9 Å². The van der Waals surface area contributed by atoms with Crippen LogP contribution < -0.4 is 10.1 Å².